The number of carbonyl (C=O) groups is 2. The summed E-state index contributed by atoms with van der Waals surface area (Å²) < 4.78 is 44.0. The van der Waals surface area contributed by atoms with Crippen LogP contribution in [0.25, 0.3) is 0 Å². The normalized spacial score (nSPS) is 21.9. The first kappa shape index (κ1) is 28.1. The molecule has 1 aromatic carbocycles. The monoisotopic (exact) mass is 512 g/mol. The maximum Gasteiger partial charge on any atom is 0.406 e. The lowest BCUT2D eigenvalue weighted by Gasteiger charge is -2.37. The van der Waals surface area contributed by atoms with E-state index in [1.165, 1.54) is 19.2 Å². The number of ether oxygens (including phenoxy) is 3. The second-order valence-corrected chi connectivity index (χ2v) is 9.53. The average Bonchev–Trinajstić information content (AvgIpc) is 2.87. The number of nitrogens with two attached hydrogens (primary N) is 1. The van der Waals surface area contributed by atoms with Crippen LogP contribution in [-0.4, -0.2) is 76.2 Å². The van der Waals surface area contributed by atoms with Crippen molar-refractivity contribution in [2.24, 2.45) is 17.6 Å². The minimum atomic E-state index is -0.700. The van der Waals surface area contributed by atoms with Gasteiger partial charge >= 0.3 is 12.1 Å². The van der Waals surface area contributed by atoms with Gasteiger partial charge in [-0.15, -0.1) is 0 Å². The number of alkyl carbamates (subject to hydrolysis) is 1. The number of nitrogens with zero attached hydrogens (tertiary/aromatic N) is 1. The molecule has 0 spiro atoms. The van der Waals surface area contributed by atoms with E-state index in [9.17, 15) is 18.4 Å². The van der Waals surface area contributed by atoms with Crippen LogP contribution in [0.2, 0.25) is 0 Å². The molecule has 11 heteroatoms. The molecule has 1 aromatic rings. The van der Waals surface area contributed by atoms with Crippen molar-refractivity contribution in [2.45, 2.75) is 44.2 Å². The van der Waals surface area contributed by atoms with Crippen LogP contribution in [0, 0.1) is 23.5 Å². The summed E-state index contributed by atoms with van der Waals surface area (Å²) >= 11 is 0. The van der Waals surface area contributed by atoms with Crippen molar-refractivity contribution in [1.82, 2.24) is 15.5 Å². The number of hydrogen-bond donors (Lipinski definition) is 3. The fraction of sp³-hybridized carbons (Fsp3) is 0.680. The van der Waals surface area contributed by atoms with Crippen LogP contribution in [0.1, 0.15) is 43.8 Å². The fourth-order valence-electron chi connectivity index (χ4n) is 4.93. The van der Waals surface area contributed by atoms with E-state index in [0.29, 0.717) is 37.7 Å². The van der Waals surface area contributed by atoms with E-state index in [1.54, 1.807) is 4.90 Å². The van der Waals surface area contributed by atoms with Crippen LogP contribution in [-0.2, 0) is 14.2 Å². The van der Waals surface area contributed by atoms with Crippen molar-refractivity contribution < 1.29 is 32.6 Å². The van der Waals surface area contributed by atoms with E-state index in [4.69, 9.17) is 15.2 Å². The van der Waals surface area contributed by atoms with E-state index in [1.807, 2.05) is 0 Å². The highest BCUT2D eigenvalue weighted by Gasteiger charge is 2.32. The molecule has 0 bridgehead atoms. The van der Waals surface area contributed by atoms with Crippen LogP contribution in [0.15, 0.2) is 18.2 Å². The van der Waals surface area contributed by atoms with Crippen molar-refractivity contribution in [3.05, 3.63) is 35.4 Å². The first-order valence-corrected chi connectivity index (χ1v) is 12.6. The molecule has 0 unspecified atom stereocenters. The summed E-state index contributed by atoms with van der Waals surface area (Å²) in [4.78, 5) is 25.9. The number of methoxy groups -OCH3 is 1. The minimum Gasteiger partial charge on any atom is -0.453 e. The summed E-state index contributed by atoms with van der Waals surface area (Å²) in [6, 6.07) is 2.92. The van der Waals surface area contributed by atoms with Gasteiger partial charge in [0.2, 0.25) is 0 Å². The summed E-state index contributed by atoms with van der Waals surface area (Å²) in [6.07, 6.45) is 3.12. The minimum absolute atomic E-state index is 0.111. The summed E-state index contributed by atoms with van der Waals surface area (Å²) in [5.74, 6) is -1.16. The second-order valence-electron chi connectivity index (χ2n) is 9.53. The van der Waals surface area contributed by atoms with Crippen molar-refractivity contribution in [2.75, 3.05) is 53.1 Å². The number of halogens is 2. The Labute approximate surface area is 211 Å². The first-order valence-electron chi connectivity index (χ1n) is 12.6. The van der Waals surface area contributed by atoms with Crippen molar-refractivity contribution in [3.63, 3.8) is 0 Å². The Kier molecular flexibility index (Phi) is 11.1. The van der Waals surface area contributed by atoms with Crippen molar-refractivity contribution >= 4 is 12.1 Å². The van der Waals surface area contributed by atoms with E-state index in [0.717, 1.165) is 44.8 Å². The zero-order valence-corrected chi connectivity index (χ0v) is 20.8. The van der Waals surface area contributed by atoms with E-state index in [2.05, 4.69) is 15.4 Å². The third-order valence-electron chi connectivity index (χ3n) is 6.65. The highest BCUT2D eigenvalue weighted by atomic mass is 19.1. The predicted molar refractivity (Wildman–Crippen MR) is 129 cm³/mol. The summed E-state index contributed by atoms with van der Waals surface area (Å²) in [7, 11) is 1.26. The van der Waals surface area contributed by atoms with Gasteiger partial charge in [0.05, 0.1) is 19.8 Å². The van der Waals surface area contributed by atoms with Gasteiger partial charge in [0.25, 0.3) is 0 Å². The van der Waals surface area contributed by atoms with Gasteiger partial charge in [-0.25, -0.2) is 18.4 Å². The van der Waals surface area contributed by atoms with E-state index >= 15 is 0 Å². The number of rotatable bonds is 10. The highest BCUT2D eigenvalue weighted by molar-refractivity contribution is 5.74. The number of carbonyl (C=O) groups excluding carboxylic acids is 2. The molecular weight excluding hydrogens is 474 g/mol. The average molecular weight is 513 g/mol. The Hall–Kier alpha value is -2.50. The Bertz CT molecular complexity index is 835. The lowest BCUT2D eigenvalue weighted by molar-refractivity contribution is -0.00882. The SMILES string of the molecule is COC(=O)NCCO[C@@H](c1cc(F)cc(F)c1)[C@@H]1CCCN(C(=O)NC[C@@H](N)C[C@H]2CCCOC2)C1. The molecule has 0 aliphatic carbocycles. The quantitative estimate of drug-likeness (QED) is 0.415. The zero-order valence-electron chi connectivity index (χ0n) is 20.8. The number of hydrogen-bond acceptors (Lipinski definition) is 6. The predicted octanol–water partition coefficient (Wildman–Crippen LogP) is 2.94. The van der Waals surface area contributed by atoms with Gasteiger partial charge in [-0.05, 0) is 55.7 Å². The molecule has 2 aliphatic heterocycles. The van der Waals surface area contributed by atoms with Crippen molar-refractivity contribution in [3.8, 4) is 0 Å². The highest BCUT2D eigenvalue weighted by Crippen LogP contribution is 2.33. The number of likely N-dealkylation sites (tertiary alicyclic amines) is 1. The fourth-order valence-corrected chi connectivity index (χ4v) is 4.93. The number of benzene rings is 1. The lowest BCUT2D eigenvalue weighted by atomic mass is 9.88. The van der Waals surface area contributed by atoms with E-state index in [-0.39, 0.29) is 31.1 Å². The third kappa shape index (κ3) is 8.86. The topological polar surface area (TPSA) is 115 Å². The van der Waals surface area contributed by atoms with Gasteiger partial charge in [-0.2, -0.15) is 0 Å². The van der Waals surface area contributed by atoms with Crippen LogP contribution < -0.4 is 16.4 Å². The van der Waals surface area contributed by atoms with Crippen LogP contribution >= 0.6 is 0 Å². The lowest BCUT2D eigenvalue weighted by Crippen LogP contribution is -2.49. The number of urea groups is 1. The molecule has 3 amide bonds. The van der Waals surface area contributed by atoms with Crippen molar-refractivity contribution in [1.29, 1.82) is 0 Å². The van der Waals surface area contributed by atoms with Gasteiger partial charge in [-0.3, -0.25) is 0 Å². The molecule has 0 aromatic heterocycles. The zero-order chi connectivity index (χ0) is 25.9. The molecular formula is C25H38F2N4O5. The molecule has 4 N–H and O–H groups in total. The standard InChI is InChI=1S/C25H38F2N4O5/c1-34-25(33)29-6-9-36-23(19-11-20(26)13-21(27)12-19)18-5-2-7-31(15-18)24(32)30-14-22(28)10-17-4-3-8-35-16-17/h11-13,17-18,22-23H,2-10,14-16,28H2,1H3,(H,29,33)(H,30,32)/t17-,18-,22+,23-/m1/s1. The van der Waals surface area contributed by atoms with Crippen LogP contribution in [0.4, 0.5) is 18.4 Å². The Morgan fingerprint density at radius 3 is 2.67 bits per heavy atom. The summed E-state index contributed by atoms with van der Waals surface area (Å²) in [6.45, 7) is 3.10. The number of amides is 3. The summed E-state index contributed by atoms with van der Waals surface area (Å²) in [5.41, 5.74) is 6.60. The van der Waals surface area contributed by atoms with Gasteiger partial charge < -0.3 is 35.5 Å². The molecule has 202 valence electrons. The molecule has 2 saturated heterocycles. The number of piperidine rings is 1. The van der Waals surface area contributed by atoms with Gasteiger partial charge in [0.1, 0.15) is 11.6 Å². The maximum absolute atomic E-state index is 14.0. The number of nitrogens with one attached hydrogen (secondary N) is 2. The maximum atomic E-state index is 14.0. The molecule has 2 aliphatic rings. The molecule has 2 fully saturated rings. The third-order valence-corrected chi connectivity index (χ3v) is 6.65. The van der Waals surface area contributed by atoms with Gasteiger partial charge in [0.15, 0.2) is 0 Å². The van der Waals surface area contributed by atoms with Gasteiger partial charge in [0, 0.05) is 57.4 Å². The Balaban J connectivity index is 1.57. The van der Waals surface area contributed by atoms with Gasteiger partial charge in [-0.1, -0.05) is 0 Å². The smallest absolute Gasteiger partial charge is 0.406 e. The molecule has 36 heavy (non-hydrogen) atoms. The Morgan fingerprint density at radius 1 is 1.19 bits per heavy atom. The van der Waals surface area contributed by atoms with Crippen LogP contribution in [0.3, 0.4) is 0 Å². The van der Waals surface area contributed by atoms with Crippen LogP contribution in [0.5, 0.6) is 0 Å². The molecule has 0 saturated carbocycles. The molecule has 0 radical (unpaired) electrons. The summed E-state index contributed by atoms with van der Waals surface area (Å²) in [5, 5.41) is 5.45. The molecule has 9 nitrogen and oxygen atoms in total. The molecule has 3 rings (SSSR count). The first-order chi connectivity index (χ1) is 17.4. The Morgan fingerprint density at radius 2 is 1.97 bits per heavy atom. The second kappa shape index (κ2) is 14.3. The largest absolute Gasteiger partial charge is 0.453 e. The van der Waals surface area contributed by atoms with E-state index < -0.39 is 23.8 Å². The molecule has 4 atom stereocenters. The molecule has 2 heterocycles.